The summed E-state index contributed by atoms with van der Waals surface area (Å²) >= 11 is 1.40. The molecule has 1 aromatic carbocycles. The van der Waals surface area contributed by atoms with E-state index in [2.05, 4.69) is 9.97 Å². The van der Waals surface area contributed by atoms with Gasteiger partial charge in [-0.25, -0.2) is 4.98 Å². The van der Waals surface area contributed by atoms with Crippen LogP contribution in [0.15, 0.2) is 29.1 Å². The van der Waals surface area contributed by atoms with E-state index >= 15 is 0 Å². The molecule has 0 bridgehead atoms. The van der Waals surface area contributed by atoms with Gasteiger partial charge in [-0.15, -0.1) is 11.3 Å². The molecule has 4 rings (SSSR count). The number of aromatic amines is 1. The minimum atomic E-state index is -0.828. The van der Waals surface area contributed by atoms with Gasteiger partial charge < -0.3 is 9.72 Å². The molecule has 1 amide bonds. The van der Waals surface area contributed by atoms with Gasteiger partial charge >= 0.3 is 5.97 Å². The number of ketones is 1. The fraction of sp³-hybridized carbons (Fsp3) is 0.250. The highest BCUT2D eigenvalue weighted by Crippen LogP contribution is 2.29. The molecule has 2 aromatic heterocycles. The van der Waals surface area contributed by atoms with Crippen molar-refractivity contribution < 1.29 is 19.1 Å². The number of para-hydroxylation sites is 1. The Balaban J connectivity index is 1.54. The van der Waals surface area contributed by atoms with Crippen molar-refractivity contribution in [3.63, 3.8) is 0 Å². The summed E-state index contributed by atoms with van der Waals surface area (Å²) in [6, 6.07) is 6.47. The average molecular weight is 411 g/mol. The number of amides is 1. The van der Waals surface area contributed by atoms with E-state index in [9.17, 15) is 19.2 Å². The summed E-state index contributed by atoms with van der Waals surface area (Å²) in [7, 11) is 0. The summed E-state index contributed by atoms with van der Waals surface area (Å²) in [5.74, 6) is -1.91. The quantitative estimate of drug-likeness (QED) is 0.522. The number of fused-ring (bicyclic) bond motifs is 2. The van der Waals surface area contributed by atoms with Crippen molar-refractivity contribution in [2.75, 3.05) is 11.4 Å². The number of hydrogen-bond acceptors (Lipinski definition) is 7. The van der Waals surface area contributed by atoms with E-state index in [1.54, 1.807) is 31.2 Å². The second-order valence-corrected chi connectivity index (χ2v) is 7.99. The highest BCUT2D eigenvalue weighted by atomic mass is 32.1. The monoisotopic (exact) mass is 411 g/mol. The maximum Gasteiger partial charge on any atom is 0.326 e. The Morgan fingerprint density at radius 1 is 1.24 bits per heavy atom. The number of rotatable bonds is 4. The summed E-state index contributed by atoms with van der Waals surface area (Å²) < 4.78 is 5.37. The number of thiophene rings is 1. The number of nitrogens with zero attached hydrogens (tertiary/aromatic N) is 2. The summed E-state index contributed by atoms with van der Waals surface area (Å²) in [6.07, 6.45) is -0.828. The van der Waals surface area contributed by atoms with Crippen LogP contribution in [0.3, 0.4) is 0 Å². The molecular weight excluding hydrogens is 394 g/mol. The zero-order valence-corrected chi connectivity index (χ0v) is 16.8. The van der Waals surface area contributed by atoms with Crippen LogP contribution in [0.1, 0.15) is 39.7 Å². The van der Waals surface area contributed by atoms with Crippen molar-refractivity contribution in [1.82, 2.24) is 9.97 Å². The normalized spacial score (nSPS) is 14.4. The topological polar surface area (TPSA) is 109 Å². The van der Waals surface area contributed by atoms with E-state index < -0.39 is 30.3 Å². The Hall–Kier alpha value is -3.33. The molecule has 0 saturated carbocycles. The first-order chi connectivity index (χ1) is 13.8. The zero-order chi connectivity index (χ0) is 20.9. The third-order valence-corrected chi connectivity index (χ3v) is 6.02. The van der Waals surface area contributed by atoms with Crippen LogP contribution >= 0.6 is 11.3 Å². The van der Waals surface area contributed by atoms with Crippen LogP contribution in [0.25, 0.3) is 10.2 Å². The highest BCUT2D eigenvalue weighted by molar-refractivity contribution is 7.18. The number of nitrogens with one attached hydrogen (secondary N) is 1. The maximum atomic E-state index is 12.4. The Morgan fingerprint density at radius 2 is 1.97 bits per heavy atom. The standard InChI is InChI=1S/C20H17N3O5S/c1-9-11(3)29-19-15(9)18(26)21-17(22-19)10(2)28-14(24)8-23-13-7-5-4-6-12(13)16(25)20(23)27/h4-7,10H,8H2,1-3H3,(H,21,22,26)/t10-/m1/s1. The third kappa shape index (κ3) is 3.13. The number of carbonyl (C=O) groups excluding carboxylic acids is 3. The lowest BCUT2D eigenvalue weighted by Gasteiger charge is -2.18. The largest absolute Gasteiger partial charge is 0.453 e. The van der Waals surface area contributed by atoms with Crippen molar-refractivity contribution in [3.8, 4) is 0 Å². The second kappa shape index (κ2) is 6.93. The highest BCUT2D eigenvalue weighted by Gasteiger charge is 2.37. The minimum absolute atomic E-state index is 0.223. The van der Waals surface area contributed by atoms with Crippen LogP contribution in [0.2, 0.25) is 0 Å². The smallest absolute Gasteiger partial charge is 0.326 e. The number of ether oxygens (including phenoxy) is 1. The fourth-order valence-electron chi connectivity index (χ4n) is 3.29. The number of carbonyl (C=O) groups is 3. The molecular formula is C20H17N3O5S. The molecule has 29 heavy (non-hydrogen) atoms. The van der Waals surface area contributed by atoms with Crippen LogP contribution in [-0.2, 0) is 14.3 Å². The minimum Gasteiger partial charge on any atom is -0.453 e. The van der Waals surface area contributed by atoms with Crippen molar-refractivity contribution in [2.45, 2.75) is 26.9 Å². The van der Waals surface area contributed by atoms with E-state index in [1.165, 1.54) is 11.3 Å². The lowest BCUT2D eigenvalue weighted by atomic mass is 10.1. The number of H-pyrrole nitrogens is 1. The van der Waals surface area contributed by atoms with Crippen molar-refractivity contribution in [3.05, 3.63) is 56.4 Å². The SMILES string of the molecule is Cc1sc2nc([C@@H](C)OC(=O)CN3C(=O)C(=O)c4ccccc43)[nH]c(=O)c2c1C. The molecule has 0 aliphatic carbocycles. The molecule has 1 aliphatic heterocycles. The van der Waals surface area contributed by atoms with Gasteiger partial charge in [0.1, 0.15) is 11.4 Å². The molecule has 3 aromatic rings. The lowest BCUT2D eigenvalue weighted by molar-refractivity contribution is -0.147. The van der Waals surface area contributed by atoms with E-state index in [1.807, 2.05) is 13.8 Å². The predicted molar refractivity (Wildman–Crippen MR) is 107 cm³/mol. The number of aryl methyl sites for hydroxylation is 2. The van der Waals surface area contributed by atoms with E-state index in [-0.39, 0.29) is 16.9 Å². The van der Waals surface area contributed by atoms with Crippen LogP contribution in [0.4, 0.5) is 5.69 Å². The Labute approximate surface area is 169 Å². The van der Waals surface area contributed by atoms with E-state index in [4.69, 9.17) is 4.74 Å². The van der Waals surface area contributed by atoms with Crippen molar-refractivity contribution in [1.29, 1.82) is 0 Å². The number of anilines is 1. The maximum absolute atomic E-state index is 12.4. The number of benzene rings is 1. The van der Waals surface area contributed by atoms with Gasteiger partial charge in [0.15, 0.2) is 11.9 Å². The van der Waals surface area contributed by atoms with Crippen LogP contribution in [-0.4, -0.2) is 34.2 Å². The van der Waals surface area contributed by atoms with Crippen LogP contribution in [0, 0.1) is 13.8 Å². The van der Waals surface area contributed by atoms with Crippen molar-refractivity contribution in [2.24, 2.45) is 0 Å². The van der Waals surface area contributed by atoms with Crippen LogP contribution < -0.4 is 10.5 Å². The fourth-order valence-corrected chi connectivity index (χ4v) is 4.33. The number of hydrogen-bond donors (Lipinski definition) is 1. The number of aromatic nitrogens is 2. The molecule has 0 radical (unpaired) electrons. The molecule has 8 nitrogen and oxygen atoms in total. The van der Waals surface area contributed by atoms with Crippen LogP contribution in [0.5, 0.6) is 0 Å². The summed E-state index contributed by atoms with van der Waals surface area (Å²) in [4.78, 5) is 58.8. The van der Waals surface area contributed by atoms with E-state index in [0.29, 0.717) is 15.9 Å². The van der Waals surface area contributed by atoms with Gasteiger partial charge in [-0.2, -0.15) is 0 Å². The molecule has 3 heterocycles. The average Bonchev–Trinajstić information content (AvgIpc) is 3.10. The number of Topliss-reactive ketones (excluding diaryl/α,β-unsaturated/α-hetero) is 1. The van der Waals surface area contributed by atoms with Gasteiger partial charge in [0, 0.05) is 4.88 Å². The molecule has 0 fully saturated rings. The van der Waals surface area contributed by atoms with Gasteiger partial charge in [-0.1, -0.05) is 12.1 Å². The first-order valence-electron chi connectivity index (χ1n) is 8.92. The Kier molecular flexibility index (Phi) is 4.54. The summed E-state index contributed by atoms with van der Waals surface area (Å²) in [6.45, 7) is 4.95. The van der Waals surface area contributed by atoms with Gasteiger partial charge in [0.05, 0.1) is 16.6 Å². The molecule has 0 unspecified atom stereocenters. The second-order valence-electron chi connectivity index (χ2n) is 6.78. The molecule has 1 aliphatic rings. The first-order valence-corrected chi connectivity index (χ1v) is 9.74. The van der Waals surface area contributed by atoms with Gasteiger partial charge in [-0.3, -0.25) is 24.1 Å². The summed E-state index contributed by atoms with van der Waals surface area (Å²) in [5.41, 5.74) is 1.23. The zero-order valence-electron chi connectivity index (χ0n) is 15.9. The molecule has 0 spiro atoms. The van der Waals surface area contributed by atoms with Gasteiger partial charge in [0.2, 0.25) is 0 Å². The molecule has 1 N–H and O–H groups in total. The van der Waals surface area contributed by atoms with Gasteiger partial charge in [0.25, 0.3) is 17.2 Å². The first kappa shape index (κ1) is 19.0. The molecule has 1 atom stereocenters. The predicted octanol–water partition coefficient (Wildman–Crippen LogP) is 2.44. The van der Waals surface area contributed by atoms with E-state index in [0.717, 1.165) is 15.3 Å². The Bertz CT molecular complexity index is 1240. The number of esters is 1. The lowest BCUT2D eigenvalue weighted by Crippen LogP contribution is -2.35. The third-order valence-electron chi connectivity index (χ3n) is 4.92. The molecule has 0 saturated heterocycles. The van der Waals surface area contributed by atoms with Crippen molar-refractivity contribution >= 4 is 44.9 Å². The molecule has 9 heteroatoms. The molecule has 148 valence electrons. The summed E-state index contributed by atoms with van der Waals surface area (Å²) in [5, 5.41) is 0.535. The van der Waals surface area contributed by atoms with Gasteiger partial charge in [-0.05, 0) is 38.5 Å². The Morgan fingerprint density at radius 3 is 2.72 bits per heavy atom.